The zero-order valence-corrected chi connectivity index (χ0v) is 15.2. The Kier molecular flexibility index (Phi) is 6.40. The van der Waals surface area contributed by atoms with Crippen LogP contribution in [0.3, 0.4) is 0 Å². The van der Waals surface area contributed by atoms with Gasteiger partial charge in [-0.2, -0.15) is 0 Å². The molecule has 0 saturated carbocycles. The van der Waals surface area contributed by atoms with Crippen LogP contribution < -0.4 is 5.56 Å². The van der Waals surface area contributed by atoms with Crippen molar-refractivity contribution in [2.75, 3.05) is 6.54 Å². The Morgan fingerprint density at radius 1 is 1.38 bits per heavy atom. The molecule has 2 rings (SSSR count). The minimum absolute atomic E-state index is 0.0280. The van der Waals surface area contributed by atoms with E-state index in [1.165, 1.54) is 17.0 Å². The number of carbonyl (C=O) groups is 1. The molecule has 26 heavy (non-hydrogen) atoms. The molecule has 0 saturated heterocycles. The van der Waals surface area contributed by atoms with E-state index in [0.717, 1.165) is 22.9 Å². The summed E-state index contributed by atoms with van der Waals surface area (Å²) < 4.78 is 15.6. The van der Waals surface area contributed by atoms with Crippen molar-refractivity contribution in [1.29, 1.82) is 0 Å². The molecule has 136 valence electrons. The average molecular weight is 424 g/mol. The number of halogens is 2. The van der Waals surface area contributed by atoms with Gasteiger partial charge in [-0.25, -0.2) is 4.39 Å². The van der Waals surface area contributed by atoms with Crippen molar-refractivity contribution in [3.05, 3.63) is 85.5 Å². The van der Waals surface area contributed by atoms with E-state index in [2.05, 4.69) is 22.5 Å². The molecular formula is C17H15BrFN3O4. The number of rotatable bonds is 7. The van der Waals surface area contributed by atoms with Crippen LogP contribution >= 0.6 is 15.9 Å². The molecule has 1 aromatic carbocycles. The van der Waals surface area contributed by atoms with E-state index in [4.69, 9.17) is 0 Å². The molecule has 0 unspecified atom stereocenters. The van der Waals surface area contributed by atoms with Crippen LogP contribution in [0.1, 0.15) is 5.56 Å². The van der Waals surface area contributed by atoms with Gasteiger partial charge in [0, 0.05) is 35.3 Å². The van der Waals surface area contributed by atoms with Crippen molar-refractivity contribution < 1.29 is 14.1 Å². The summed E-state index contributed by atoms with van der Waals surface area (Å²) in [7, 11) is 0. The summed E-state index contributed by atoms with van der Waals surface area (Å²) in [6, 6.07) is 6.47. The minimum atomic E-state index is -0.654. The highest BCUT2D eigenvalue weighted by Crippen LogP contribution is 2.17. The minimum Gasteiger partial charge on any atom is -0.333 e. The Morgan fingerprint density at radius 3 is 2.77 bits per heavy atom. The number of hydrogen-bond acceptors (Lipinski definition) is 4. The van der Waals surface area contributed by atoms with E-state index >= 15 is 0 Å². The molecule has 0 spiro atoms. The Bertz CT molecular complexity index is 913. The second-order valence-corrected chi connectivity index (χ2v) is 6.32. The lowest BCUT2D eigenvalue weighted by Crippen LogP contribution is -2.36. The number of hydrogen-bond donors (Lipinski definition) is 0. The third kappa shape index (κ3) is 4.85. The second kappa shape index (κ2) is 8.52. The molecule has 0 atom stereocenters. The van der Waals surface area contributed by atoms with Gasteiger partial charge >= 0.3 is 0 Å². The van der Waals surface area contributed by atoms with Crippen molar-refractivity contribution in [1.82, 2.24) is 9.47 Å². The maximum absolute atomic E-state index is 14.0. The van der Waals surface area contributed by atoms with Gasteiger partial charge in [0.25, 0.3) is 11.2 Å². The van der Waals surface area contributed by atoms with Crippen LogP contribution in [0.5, 0.6) is 0 Å². The number of pyridine rings is 1. The monoisotopic (exact) mass is 423 g/mol. The number of nitrogens with zero attached hydrogens (tertiary/aromatic N) is 3. The first-order valence-electron chi connectivity index (χ1n) is 7.49. The third-order valence-electron chi connectivity index (χ3n) is 3.56. The highest BCUT2D eigenvalue weighted by Gasteiger charge is 2.17. The van der Waals surface area contributed by atoms with Crippen LogP contribution in [-0.4, -0.2) is 26.8 Å². The summed E-state index contributed by atoms with van der Waals surface area (Å²) >= 11 is 3.25. The topological polar surface area (TPSA) is 85.4 Å². The van der Waals surface area contributed by atoms with Gasteiger partial charge in [-0.3, -0.25) is 24.3 Å². The summed E-state index contributed by atoms with van der Waals surface area (Å²) in [5.74, 6) is -0.963. The Balaban J connectivity index is 2.25. The number of carbonyl (C=O) groups excluding carboxylic acids is 1. The third-order valence-corrected chi connectivity index (χ3v) is 4.05. The lowest BCUT2D eigenvalue weighted by molar-refractivity contribution is -0.385. The predicted octanol–water partition coefficient (Wildman–Crippen LogP) is 2.87. The van der Waals surface area contributed by atoms with Crippen molar-refractivity contribution in [2.45, 2.75) is 13.1 Å². The largest absolute Gasteiger partial charge is 0.333 e. The van der Waals surface area contributed by atoms with Gasteiger partial charge in [0.2, 0.25) is 5.91 Å². The summed E-state index contributed by atoms with van der Waals surface area (Å²) in [5, 5.41) is 10.8. The molecule has 0 aliphatic rings. The molecule has 1 heterocycles. The molecular weight excluding hydrogens is 409 g/mol. The molecule has 0 fully saturated rings. The molecule has 1 amide bonds. The van der Waals surface area contributed by atoms with Gasteiger partial charge in [-0.05, 0) is 18.2 Å². The maximum Gasteiger partial charge on any atom is 0.285 e. The molecule has 0 N–H and O–H groups in total. The van der Waals surface area contributed by atoms with Crippen LogP contribution in [-0.2, 0) is 17.9 Å². The van der Waals surface area contributed by atoms with Crippen molar-refractivity contribution in [2.24, 2.45) is 0 Å². The van der Waals surface area contributed by atoms with Crippen LogP contribution in [0.25, 0.3) is 0 Å². The molecule has 7 nitrogen and oxygen atoms in total. The number of aromatic nitrogens is 1. The first-order chi connectivity index (χ1) is 12.3. The van der Waals surface area contributed by atoms with Gasteiger partial charge in [-0.1, -0.05) is 22.0 Å². The fourth-order valence-electron chi connectivity index (χ4n) is 2.28. The van der Waals surface area contributed by atoms with Crippen LogP contribution in [0.4, 0.5) is 10.1 Å². The number of nitro groups is 1. The SMILES string of the molecule is C=CCN(Cc1cc(Br)ccc1F)C(=O)Cn1cc([N+](=O)[O-])ccc1=O. The van der Waals surface area contributed by atoms with Gasteiger partial charge in [0.1, 0.15) is 12.4 Å². The van der Waals surface area contributed by atoms with Crippen molar-refractivity contribution in [3.8, 4) is 0 Å². The molecule has 0 aliphatic carbocycles. The number of amides is 1. The fourth-order valence-corrected chi connectivity index (χ4v) is 2.68. The molecule has 0 radical (unpaired) electrons. The highest BCUT2D eigenvalue weighted by molar-refractivity contribution is 9.10. The highest BCUT2D eigenvalue weighted by atomic mass is 79.9. The van der Waals surface area contributed by atoms with Gasteiger partial charge in [0.15, 0.2) is 0 Å². The quantitative estimate of drug-likeness (QED) is 0.389. The zero-order valence-electron chi connectivity index (χ0n) is 13.6. The van der Waals surface area contributed by atoms with Crippen molar-refractivity contribution >= 4 is 27.5 Å². The van der Waals surface area contributed by atoms with Gasteiger partial charge in [0.05, 0.1) is 11.1 Å². The predicted molar refractivity (Wildman–Crippen MR) is 97.1 cm³/mol. The van der Waals surface area contributed by atoms with Gasteiger partial charge in [-0.15, -0.1) is 6.58 Å². The van der Waals surface area contributed by atoms with E-state index < -0.39 is 28.8 Å². The van der Waals surface area contributed by atoms with Gasteiger partial charge < -0.3 is 4.90 Å². The first kappa shape index (κ1) is 19.5. The van der Waals surface area contributed by atoms with Crippen LogP contribution in [0.2, 0.25) is 0 Å². The Morgan fingerprint density at radius 2 is 2.12 bits per heavy atom. The first-order valence-corrected chi connectivity index (χ1v) is 8.28. The summed E-state index contributed by atoms with van der Waals surface area (Å²) in [4.78, 5) is 35.9. The Hall–Kier alpha value is -2.81. The molecule has 9 heteroatoms. The lowest BCUT2D eigenvalue weighted by Gasteiger charge is -2.22. The van der Waals surface area contributed by atoms with E-state index in [-0.39, 0.29) is 18.8 Å². The maximum atomic E-state index is 14.0. The molecule has 1 aromatic heterocycles. The van der Waals surface area contributed by atoms with E-state index in [1.807, 2.05) is 0 Å². The second-order valence-electron chi connectivity index (χ2n) is 5.41. The average Bonchev–Trinajstić information content (AvgIpc) is 2.59. The van der Waals surface area contributed by atoms with Crippen molar-refractivity contribution in [3.63, 3.8) is 0 Å². The zero-order chi connectivity index (χ0) is 19.3. The van der Waals surface area contributed by atoms with E-state index in [9.17, 15) is 24.1 Å². The number of benzene rings is 1. The van der Waals surface area contributed by atoms with E-state index in [0.29, 0.717) is 10.0 Å². The Labute approximate surface area is 156 Å². The van der Waals surface area contributed by atoms with E-state index in [1.54, 1.807) is 12.1 Å². The summed E-state index contributed by atoms with van der Waals surface area (Å²) in [5.41, 5.74) is -0.553. The molecule has 2 aromatic rings. The van der Waals surface area contributed by atoms with Crippen LogP contribution in [0, 0.1) is 15.9 Å². The smallest absolute Gasteiger partial charge is 0.285 e. The molecule has 0 bridgehead atoms. The summed E-state index contributed by atoms with van der Waals surface area (Å²) in [6.45, 7) is 3.28. The lowest BCUT2D eigenvalue weighted by atomic mass is 10.2. The van der Waals surface area contributed by atoms with Crippen LogP contribution in [0.15, 0.2) is 58.5 Å². The fraction of sp³-hybridized carbons (Fsp3) is 0.176. The standard InChI is InChI=1S/C17H15BrFN3O4/c1-2-7-20(9-12-8-13(18)3-5-15(12)19)17(24)11-21-10-14(22(25)26)4-6-16(21)23/h2-6,8,10H,1,7,9,11H2. The summed E-state index contributed by atoms with van der Waals surface area (Å²) in [6.07, 6.45) is 2.48. The molecule has 0 aliphatic heterocycles. The normalized spacial score (nSPS) is 10.4.